The highest BCUT2D eigenvalue weighted by Crippen LogP contribution is 2.17. The fraction of sp³-hybridized carbons (Fsp3) is 0.867. The second-order valence-corrected chi connectivity index (χ2v) is 19.7. The lowest BCUT2D eigenvalue weighted by molar-refractivity contribution is -0.161. The third-order valence-electron chi connectivity index (χ3n) is 13.2. The number of ether oxygens (including phenoxy) is 2. The number of unbranched alkanes of at least 4 members (excludes halogenated alkanes) is 40. The van der Waals surface area contributed by atoms with E-state index in [0.717, 1.165) is 51.4 Å². The Bertz CT molecular complexity index is 1030. The predicted molar refractivity (Wildman–Crippen MR) is 284 cm³/mol. The molecule has 0 aliphatic rings. The molecule has 0 fully saturated rings. The summed E-state index contributed by atoms with van der Waals surface area (Å²) in [6.07, 6.45) is 72.9. The first-order chi connectivity index (χ1) is 32.1. The van der Waals surface area contributed by atoms with E-state index in [1.165, 1.54) is 238 Å². The van der Waals surface area contributed by atoms with E-state index < -0.39 is 6.10 Å². The van der Waals surface area contributed by atoms with Crippen LogP contribution in [0.15, 0.2) is 36.5 Å². The molecule has 0 rings (SSSR count). The number of carbonyl (C=O) groups is 2. The second-order valence-electron chi connectivity index (χ2n) is 19.7. The van der Waals surface area contributed by atoms with Gasteiger partial charge in [0.15, 0.2) is 6.10 Å². The highest BCUT2D eigenvalue weighted by Gasteiger charge is 2.16. The minimum absolute atomic E-state index is 0.0590. The first kappa shape index (κ1) is 63.1. The summed E-state index contributed by atoms with van der Waals surface area (Å²) < 4.78 is 10.7. The Kier molecular flexibility index (Phi) is 54.8. The zero-order valence-corrected chi connectivity index (χ0v) is 43.8. The molecular formula is C60H112O5. The molecule has 0 aromatic carbocycles. The van der Waals surface area contributed by atoms with Crippen molar-refractivity contribution in [2.45, 2.75) is 322 Å². The molecule has 0 saturated carbocycles. The molecule has 65 heavy (non-hydrogen) atoms. The van der Waals surface area contributed by atoms with Crippen molar-refractivity contribution >= 4 is 11.9 Å². The summed E-state index contributed by atoms with van der Waals surface area (Å²) in [5.74, 6) is -0.574. The lowest BCUT2D eigenvalue weighted by atomic mass is 10.0. The lowest BCUT2D eigenvalue weighted by Crippen LogP contribution is -2.28. The Morgan fingerprint density at radius 2 is 0.615 bits per heavy atom. The summed E-state index contributed by atoms with van der Waals surface area (Å²) in [6.45, 7) is 4.16. The fourth-order valence-corrected chi connectivity index (χ4v) is 8.80. The van der Waals surface area contributed by atoms with E-state index in [-0.39, 0.29) is 25.2 Å². The molecule has 0 spiro atoms. The maximum atomic E-state index is 12.3. The Balaban J connectivity index is 3.36. The molecule has 0 aromatic heterocycles. The lowest BCUT2D eigenvalue weighted by Gasteiger charge is -2.15. The van der Waals surface area contributed by atoms with Gasteiger partial charge in [-0.2, -0.15) is 0 Å². The molecule has 5 nitrogen and oxygen atoms in total. The molecule has 0 amide bonds. The highest BCUT2D eigenvalue weighted by atomic mass is 16.6. The van der Waals surface area contributed by atoms with Crippen molar-refractivity contribution in [3.63, 3.8) is 0 Å². The van der Waals surface area contributed by atoms with Gasteiger partial charge in [0.05, 0.1) is 6.61 Å². The monoisotopic (exact) mass is 913 g/mol. The molecule has 0 saturated heterocycles. The van der Waals surface area contributed by atoms with E-state index in [1.54, 1.807) is 0 Å². The van der Waals surface area contributed by atoms with E-state index in [4.69, 9.17) is 9.47 Å². The maximum absolute atomic E-state index is 12.3. The number of hydrogen-bond acceptors (Lipinski definition) is 5. The smallest absolute Gasteiger partial charge is 0.306 e. The van der Waals surface area contributed by atoms with Crippen LogP contribution in [0, 0.1) is 0 Å². The Morgan fingerprint density at radius 1 is 0.354 bits per heavy atom. The van der Waals surface area contributed by atoms with Crippen molar-refractivity contribution in [2.75, 3.05) is 13.2 Å². The van der Waals surface area contributed by atoms with Gasteiger partial charge in [-0.05, 0) is 51.4 Å². The van der Waals surface area contributed by atoms with Gasteiger partial charge in [-0.3, -0.25) is 9.59 Å². The molecule has 5 heteroatoms. The number of carbonyl (C=O) groups excluding carboxylic acids is 2. The number of rotatable bonds is 54. The quantitative estimate of drug-likeness (QED) is 0.0374. The zero-order chi connectivity index (χ0) is 47.0. The number of allylic oxidation sites excluding steroid dienone is 6. The highest BCUT2D eigenvalue weighted by molar-refractivity contribution is 5.70. The van der Waals surface area contributed by atoms with Gasteiger partial charge in [0.1, 0.15) is 6.61 Å². The zero-order valence-electron chi connectivity index (χ0n) is 43.8. The first-order valence-corrected chi connectivity index (χ1v) is 29.0. The molecule has 382 valence electrons. The standard InChI is InChI=1S/C60H112O5/c1-3-5-7-9-11-13-15-17-18-19-20-21-22-23-24-25-26-27-28-29-30-31-32-33-34-35-36-37-38-39-40-41-42-43-45-47-49-51-53-55-60(63)65-58(56-61)57-64-59(62)54-52-50-48-46-44-16-14-12-10-8-6-4-2/h15,17,19-20,22-23,58,61H,3-14,16,18,21,24-57H2,1-2H3/b17-15-,20-19-,23-22-. The van der Waals surface area contributed by atoms with Crippen LogP contribution in [0.4, 0.5) is 0 Å². The molecule has 1 unspecified atom stereocenters. The normalized spacial score (nSPS) is 12.4. The van der Waals surface area contributed by atoms with Crippen LogP contribution in [0.25, 0.3) is 0 Å². The molecule has 1 atom stereocenters. The number of hydrogen-bond donors (Lipinski definition) is 1. The summed E-state index contributed by atoms with van der Waals surface area (Å²) in [6, 6.07) is 0. The average molecular weight is 914 g/mol. The van der Waals surface area contributed by atoms with Gasteiger partial charge < -0.3 is 14.6 Å². The van der Waals surface area contributed by atoms with Crippen LogP contribution >= 0.6 is 0 Å². The van der Waals surface area contributed by atoms with Gasteiger partial charge in [0, 0.05) is 12.8 Å². The molecule has 0 radical (unpaired) electrons. The molecule has 0 aromatic rings. The topological polar surface area (TPSA) is 72.8 Å². The maximum Gasteiger partial charge on any atom is 0.306 e. The molecule has 0 aliphatic carbocycles. The summed E-state index contributed by atoms with van der Waals surface area (Å²) in [7, 11) is 0. The molecule has 0 heterocycles. The minimum atomic E-state index is -0.766. The summed E-state index contributed by atoms with van der Waals surface area (Å²) >= 11 is 0. The van der Waals surface area contributed by atoms with E-state index in [2.05, 4.69) is 50.3 Å². The van der Waals surface area contributed by atoms with Crippen molar-refractivity contribution in [3.8, 4) is 0 Å². The van der Waals surface area contributed by atoms with Crippen LogP contribution in [0.3, 0.4) is 0 Å². The van der Waals surface area contributed by atoms with Crippen molar-refractivity contribution < 1.29 is 24.2 Å². The SMILES string of the molecule is CCCCCCC/C=C\C/C=C\C/C=C\CCCCCCCCCCCCCCCCCCCCCCCCCCC(=O)OC(CO)COC(=O)CCCCCCCCCCCCCC. The third-order valence-corrected chi connectivity index (χ3v) is 13.2. The fourth-order valence-electron chi connectivity index (χ4n) is 8.80. The van der Waals surface area contributed by atoms with Crippen molar-refractivity contribution in [2.24, 2.45) is 0 Å². The summed E-state index contributed by atoms with van der Waals surface area (Å²) in [5, 5.41) is 9.61. The molecule has 0 aliphatic heterocycles. The van der Waals surface area contributed by atoms with E-state index in [1.807, 2.05) is 0 Å². The number of aliphatic hydroxyl groups excluding tert-OH is 1. The van der Waals surface area contributed by atoms with Crippen LogP contribution in [-0.2, 0) is 19.1 Å². The van der Waals surface area contributed by atoms with Gasteiger partial charge in [0.2, 0.25) is 0 Å². The van der Waals surface area contributed by atoms with Gasteiger partial charge in [-0.1, -0.05) is 288 Å². The van der Waals surface area contributed by atoms with Gasteiger partial charge in [-0.25, -0.2) is 0 Å². The summed E-state index contributed by atoms with van der Waals surface area (Å²) in [5.41, 5.74) is 0. The molecule has 1 N–H and O–H groups in total. The van der Waals surface area contributed by atoms with Crippen LogP contribution in [-0.4, -0.2) is 36.4 Å². The number of aliphatic hydroxyl groups is 1. The molecular weight excluding hydrogens is 801 g/mol. The predicted octanol–water partition coefficient (Wildman–Crippen LogP) is 19.5. The van der Waals surface area contributed by atoms with E-state index >= 15 is 0 Å². The Labute approximate surface area is 406 Å². The minimum Gasteiger partial charge on any atom is -0.462 e. The summed E-state index contributed by atoms with van der Waals surface area (Å²) in [4.78, 5) is 24.4. The largest absolute Gasteiger partial charge is 0.462 e. The van der Waals surface area contributed by atoms with Crippen LogP contribution in [0.2, 0.25) is 0 Å². The van der Waals surface area contributed by atoms with E-state index in [0.29, 0.717) is 12.8 Å². The van der Waals surface area contributed by atoms with Gasteiger partial charge in [-0.15, -0.1) is 0 Å². The Morgan fingerprint density at radius 3 is 0.923 bits per heavy atom. The van der Waals surface area contributed by atoms with Crippen LogP contribution in [0.5, 0.6) is 0 Å². The first-order valence-electron chi connectivity index (χ1n) is 29.0. The van der Waals surface area contributed by atoms with Gasteiger partial charge >= 0.3 is 11.9 Å². The van der Waals surface area contributed by atoms with E-state index in [9.17, 15) is 14.7 Å². The Hall–Kier alpha value is -1.88. The van der Waals surface area contributed by atoms with Crippen molar-refractivity contribution in [1.29, 1.82) is 0 Å². The van der Waals surface area contributed by atoms with Crippen LogP contribution < -0.4 is 0 Å². The van der Waals surface area contributed by atoms with Crippen molar-refractivity contribution in [3.05, 3.63) is 36.5 Å². The van der Waals surface area contributed by atoms with Gasteiger partial charge in [0.25, 0.3) is 0 Å². The second kappa shape index (κ2) is 56.4. The average Bonchev–Trinajstić information content (AvgIpc) is 3.31. The molecule has 0 bridgehead atoms. The number of esters is 2. The van der Waals surface area contributed by atoms with Crippen molar-refractivity contribution in [1.82, 2.24) is 0 Å². The third kappa shape index (κ3) is 54.6. The van der Waals surface area contributed by atoms with Crippen LogP contribution in [0.1, 0.15) is 316 Å².